The van der Waals surface area contributed by atoms with E-state index >= 15 is 0 Å². The second-order valence-corrected chi connectivity index (χ2v) is 4.60. The molecule has 0 amide bonds. The molecule has 0 spiro atoms. The number of hydrogen-bond donors (Lipinski definition) is 1. The molecule has 1 aromatic rings. The van der Waals surface area contributed by atoms with Gasteiger partial charge in [0.15, 0.2) is 0 Å². The molecule has 2 N–H and O–H groups in total. The highest BCUT2D eigenvalue weighted by Gasteiger charge is 2.22. The fourth-order valence-electron chi connectivity index (χ4n) is 1.95. The van der Waals surface area contributed by atoms with E-state index in [1.54, 1.807) is 0 Å². The van der Waals surface area contributed by atoms with E-state index in [0.717, 1.165) is 13.0 Å². The van der Waals surface area contributed by atoms with E-state index in [4.69, 9.17) is 5.73 Å². The fraction of sp³-hybridized carbons (Fsp3) is 0.455. The molecule has 1 fully saturated rings. The van der Waals surface area contributed by atoms with Gasteiger partial charge in [0.05, 0.1) is 11.9 Å². The zero-order valence-electron chi connectivity index (χ0n) is 8.33. The molecule has 0 radical (unpaired) electrons. The van der Waals surface area contributed by atoms with Crippen molar-refractivity contribution in [1.82, 2.24) is 0 Å². The first kappa shape index (κ1) is 9.99. The summed E-state index contributed by atoms with van der Waals surface area (Å²) in [5.74, 6) is 0. The van der Waals surface area contributed by atoms with Gasteiger partial charge in [0.2, 0.25) is 0 Å². The van der Waals surface area contributed by atoms with Gasteiger partial charge in [-0.25, -0.2) is 0 Å². The van der Waals surface area contributed by atoms with Crippen LogP contribution < -0.4 is 10.6 Å². The predicted molar refractivity (Wildman–Crippen MR) is 63.4 cm³/mol. The van der Waals surface area contributed by atoms with Crippen LogP contribution in [0.2, 0.25) is 0 Å². The second-order valence-electron chi connectivity index (χ2n) is 3.81. The Hall–Kier alpha value is -0.540. The Morgan fingerprint density at radius 3 is 2.93 bits per heavy atom. The maximum Gasteiger partial charge on any atom is 0.0771 e. The van der Waals surface area contributed by atoms with Crippen LogP contribution >= 0.6 is 15.9 Å². The summed E-state index contributed by atoms with van der Waals surface area (Å²) in [6.45, 7) is 3.18. The van der Waals surface area contributed by atoms with Gasteiger partial charge in [-0.05, 0) is 47.3 Å². The zero-order valence-corrected chi connectivity index (χ0v) is 9.92. The molecule has 0 aromatic heterocycles. The third kappa shape index (κ3) is 1.66. The smallest absolute Gasteiger partial charge is 0.0771 e. The van der Waals surface area contributed by atoms with Crippen molar-refractivity contribution < 1.29 is 0 Å². The lowest BCUT2D eigenvalue weighted by Gasteiger charge is -2.25. The summed E-state index contributed by atoms with van der Waals surface area (Å²) in [5, 5.41) is 0. The molecule has 3 heteroatoms. The van der Waals surface area contributed by atoms with Gasteiger partial charge in [0, 0.05) is 11.0 Å². The van der Waals surface area contributed by atoms with Crippen LogP contribution in [0, 0.1) is 6.92 Å². The predicted octanol–water partition coefficient (Wildman–Crippen LogP) is 2.64. The standard InChI is InChI=1S/C11H15BrN2/c1-8-4-2-5-9(11(8)12)14-7-3-6-10(14)13/h2,4-5,10H,3,6-7,13H2,1H3. The van der Waals surface area contributed by atoms with Crippen molar-refractivity contribution in [3.8, 4) is 0 Å². The van der Waals surface area contributed by atoms with E-state index in [1.165, 1.54) is 22.1 Å². The third-order valence-corrected chi connectivity index (χ3v) is 3.81. The van der Waals surface area contributed by atoms with Gasteiger partial charge in [0.1, 0.15) is 0 Å². The normalized spacial score (nSPS) is 21.6. The summed E-state index contributed by atoms with van der Waals surface area (Å²) in [7, 11) is 0. The van der Waals surface area contributed by atoms with Crippen LogP contribution in [0.15, 0.2) is 22.7 Å². The SMILES string of the molecule is Cc1cccc(N2CCCC2N)c1Br. The van der Waals surface area contributed by atoms with Gasteiger partial charge in [0.25, 0.3) is 0 Å². The van der Waals surface area contributed by atoms with Crippen LogP contribution in [0.5, 0.6) is 0 Å². The average Bonchev–Trinajstić information content (AvgIpc) is 2.57. The molecule has 1 aromatic carbocycles. The minimum Gasteiger partial charge on any atom is -0.355 e. The Bertz CT molecular complexity index is 338. The monoisotopic (exact) mass is 254 g/mol. The summed E-state index contributed by atoms with van der Waals surface area (Å²) >= 11 is 3.62. The van der Waals surface area contributed by atoms with E-state index in [2.05, 4.69) is 46.0 Å². The Labute approximate surface area is 93.2 Å². The van der Waals surface area contributed by atoms with Crippen molar-refractivity contribution >= 4 is 21.6 Å². The van der Waals surface area contributed by atoms with Gasteiger partial charge in [-0.1, -0.05) is 12.1 Å². The molecule has 1 heterocycles. The molecule has 0 aliphatic carbocycles. The Kier molecular flexibility index (Phi) is 2.79. The van der Waals surface area contributed by atoms with E-state index in [9.17, 15) is 0 Å². The van der Waals surface area contributed by atoms with E-state index in [-0.39, 0.29) is 6.17 Å². The van der Waals surface area contributed by atoms with E-state index in [1.807, 2.05) is 0 Å². The number of aryl methyl sites for hydroxylation is 1. The highest BCUT2D eigenvalue weighted by Crippen LogP contribution is 2.32. The van der Waals surface area contributed by atoms with Gasteiger partial charge in [-0.15, -0.1) is 0 Å². The van der Waals surface area contributed by atoms with E-state index in [0.29, 0.717) is 0 Å². The lowest BCUT2D eigenvalue weighted by Crippen LogP contribution is -2.36. The molecule has 1 aliphatic heterocycles. The molecule has 1 unspecified atom stereocenters. The lowest BCUT2D eigenvalue weighted by atomic mass is 10.2. The van der Waals surface area contributed by atoms with Crippen LogP contribution in [0.3, 0.4) is 0 Å². The molecular weight excluding hydrogens is 240 g/mol. The van der Waals surface area contributed by atoms with Gasteiger partial charge in [-0.3, -0.25) is 0 Å². The summed E-state index contributed by atoms with van der Waals surface area (Å²) in [6, 6.07) is 6.32. The molecule has 14 heavy (non-hydrogen) atoms. The van der Waals surface area contributed by atoms with Crippen LogP contribution in [0.4, 0.5) is 5.69 Å². The second kappa shape index (κ2) is 3.91. The molecule has 1 saturated heterocycles. The average molecular weight is 255 g/mol. The lowest BCUT2D eigenvalue weighted by molar-refractivity contribution is 0.700. The number of nitrogens with zero attached hydrogens (tertiary/aromatic N) is 1. The minimum absolute atomic E-state index is 0.188. The van der Waals surface area contributed by atoms with Gasteiger partial charge in [-0.2, -0.15) is 0 Å². The van der Waals surface area contributed by atoms with Crippen molar-refractivity contribution in [3.63, 3.8) is 0 Å². The topological polar surface area (TPSA) is 29.3 Å². The van der Waals surface area contributed by atoms with Crippen molar-refractivity contribution in [2.45, 2.75) is 25.9 Å². The first-order chi connectivity index (χ1) is 6.70. The maximum absolute atomic E-state index is 6.04. The quantitative estimate of drug-likeness (QED) is 0.835. The van der Waals surface area contributed by atoms with Crippen LogP contribution in [-0.4, -0.2) is 12.7 Å². The van der Waals surface area contributed by atoms with Crippen molar-refractivity contribution in [2.75, 3.05) is 11.4 Å². The molecule has 76 valence electrons. The van der Waals surface area contributed by atoms with Crippen LogP contribution in [0.25, 0.3) is 0 Å². The summed E-state index contributed by atoms with van der Waals surface area (Å²) < 4.78 is 1.18. The van der Waals surface area contributed by atoms with Crippen LogP contribution in [-0.2, 0) is 0 Å². The number of halogens is 1. The van der Waals surface area contributed by atoms with Crippen molar-refractivity contribution in [2.24, 2.45) is 5.73 Å². The minimum atomic E-state index is 0.188. The van der Waals surface area contributed by atoms with E-state index < -0.39 is 0 Å². The number of anilines is 1. The molecule has 0 bridgehead atoms. The Morgan fingerprint density at radius 2 is 2.29 bits per heavy atom. The fourth-order valence-corrected chi connectivity index (χ4v) is 2.44. The Morgan fingerprint density at radius 1 is 1.50 bits per heavy atom. The Balaban J connectivity index is 2.36. The number of rotatable bonds is 1. The first-order valence-corrected chi connectivity index (χ1v) is 5.77. The van der Waals surface area contributed by atoms with Crippen LogP contribution in [0.1, 0.15) is 18.4 Å². The largest absolute Gasteiger partial charge is 0.355 e. The molecular formula is C11H15BrN2. The number of nitrogens with two attached hydrogens (primary N) is 1. The zero-order chi connectivity index (χ0) is 10.1. The molecule has 1 atom stereocenters. The maximum atomic E-state index is 6.04. The summed E-state index contributed by atoms with van der Waals surface area (Å²) in [4.78, 5) is 2.27. The molecule has 2 nitrogen and oxygen atoms in total. The molecule has 0 saturated carbocycles. The molecule has 2 rings (SSSR count). The van der Waals surface area contributed by atoms with Gasteiger partial charge < -0.3 is 10.6 Å². The van der Waals surface area contributed by atoms with Crippen molar-refractivity contribution in [3.05, 3.63) is 28.2 Å². The highest BCUT2D eigenvalue weighted by molar-refractivity contribution is 9.10. The van der Waals surface area contributed by atoms with Crippen molar-refractivity contribution in [1.29, 1.82) is 0 Å². The molecule has 1 aliphatic rings. The number of benzene rings is 1. The first-order valence-electron chi connectivity index (χ1n) is 4.97. The van der Waals surface area contributed by atoms with Gasteiger partial charge >= 0.3 is 0 Å². The summed E-state index contributed by atoms with van der Waals surface area (Å²) in [6.07, 6.45) is 2.48. The number of hydrogen-bond acceptors (Lipinski definition) is 2. The third-order valence-electron chi connectivity index (χ3n) is 2.78. The highest BCUT2D eigenvalue weighted by atomic mass is 79.9. The summed E-state index contributed by atoms with van der Waals surface area (Å²) in [5.41, 5.74) is 8.53.